The van der Waals surface area contributed by atoms with Gasteiger partial charge in [0.1, 0.15) is 0 Å². The number of hydrogen-bond acceptors (Lipinski definition) is 4. The van der Waals surface area contributed by atoms with Crippen LogP contribution < -0.4 is 10.6 Å². The van der Waals surface area contributed by atoms with Crippen molar-refractivity contribution in [1.82, 2.24) is 4.90 Å². The first-order valence-corrected chi connectivity index (χ1v) is 8.36. The summed E-state index contributed by atoms with van der Waals surface area (Å²) in [7, 11) is 1.31. The fraction of sp³-hybridized carbons (Fsp3) is 0.467. The van der Waals surface area contributed by atoms with Gasteiger partial charge in [-0.1, -0.05) is 6.07 Å². The summed E-state index contributed by atoms with van der Waals surface area (Å²) < 4.78 is 4.56. The van der Waals surface area contributed by atoms with Crippen LogP contribution in [0.15, 0.2) is 24.3 Å². The second-order valence-electron chi connectivity index (χ2n) is 5.37. The molecule has 118 valence electrons. The maximum Gasteiger partial charge on any atom is 0.411 e. The number of nitrogens with one attached hydrogen (secondary N) is 2. The highest BCUT2D eigenvalue weighted by molar-refractivity contribution is 8.00. The van der Waals surface area contributed by atoms with Crippen molar-refractivity contribution in [2.45, 2.75) is 24.1 Å². The molecule has 1 aliphatic carbocycles. The lowest BCUT2D eigenvalue weighted by molar-refractivity contribution is 0.154. The van der Waals surface area contributed by atoms with E-state index < -0.39 is 6.09 Å². The second-order valence-corrected chi connectivity index (χ2v) is 6.72. The molecule has 1 aromatic rings. The summed E-state index contributed by atoms with van der Waals surface area (Å²) in [6.45, 7) is 0.789. The van der Waals surface area contributed by atoms with Crippen molar-refractivity contribution in [2.75, 3.05) is 30.0 Å². The highest BCUT2D eigenvalue weighted by Gasteiger charge is 2.40. The molecule has 7 heteroatoms. The Hall–Kier alpha value is -1.89. The van der Waals surface area contributed by atoms with E-state index in [4.69, 9.17) is 0 Å². The van der Waals surface area contributed by atoms with Crippen molar-refractivity contribution in [1.29, 1.82) is 0 Å². The van der Waals surface area contributed by atoms with Crippen LogP contribution in [0.2, 0.25) is 0 Å². The number of nitrogens with zero attached hydrogens (tertiary/aromatic N) is 1. The lowest BCUT2D eigenvalue weighted by Crippen LogP contribution is -2.56. The number of carbonyl (C=O) groups excluding carboxylic acids is 2. The van der Waals surface area contributed by atoms with E-state index in [0.29, 0.717) is 22.7 Å². The zero-order chi connectivity index (χ0) is 15.5. The van der Waals surface area contributed by atoms with Gasteiger partial charge >= 0.3 is 12.1 Å². The van der Waals surface area contributed by atoms with Gasteiger partial charge in [-0.3, -0.25) is 5.32 Å². The molecule has 1 saturated carbocycles. The molecule has 2 fully saturated rings. The van der Waals surface area contributed by atoms with E-state index in [-0.39, 0.29) is 6.03 Å². The number of ether oxygens (including phenoxy) is 1. The first-order chi connectivity index (χ1) is 10.7. The van der Waals surface area contributed by atoms with E-state index in [1.54, 1.807) is 24.3 Å². The van der Waals surface area contributed by atoms with Crippen LogP contribution in [0.4, 0.5) is 21.0 Å². The summed E-state index contributed by atoms with van der Waals surface area (Å²) in [6, 6.07) is 7.34. The van der Waals surface area contributed by atoms with Crippen LogP contribution in [0, 0.1) is 0 Å². The molecule has 0 radical (unpaired) electrons. The lowest BCUT2D eigenvalue weighted by atomic mass is 9.90. The Morgan fingerprint density at radius 2 is 2.05 bits per heavy atom. The Morgan fingerprint density at radius 1 is 1.27 bits per heavy atom. The molecule has 0 spiro atoms. The SMILES string of the molecule is COC(=O)Nc1cccc(NC(=O)N2CCSC3CCC32)c1. The molecule has 1 heterocycles. The summed E-state index contributed by atoms with van der Waals surface area (Å²) in [5, 5.41) is 6.10. The van der Waals surface area contributed by atoms with Gasteiger partial charge in [0, 0.05) is 35.0 Å². The molecule has 2 unspecified atom stereocenters. The highest BCUT2D eigenvalue weighted by atomic mass is 32.2. The average molecular weight is 321 g/mol. The third kappa shape index (κ3) is 3.14. The molecule has 1 saturated heterocycles. The molecule has 1 aliphatic heterocycles. The number of fused-ring (bicyclic) bond motifs is 1. The summed E-state index contributed by atoms with van der Waals surface area (Å²) in [6.07, 6.45) is 1.76. The maximum absolute atomic E-state index is 12.4. The summed E-state index contributed by atoms with van der Waals surface area (Å²) in [4.78, 5) is 25.6. The number of anilines is 2. The zero-order valence-corrected chi connectivity index (χ0v) is 13.2. The summed E-state index contributed by atoms with van der Waals surface area (Å²) in [5.74, 6) is 0.999. The van der Waals surface area contributed by atoms with E-state index in [1.165, 1.54) is 13.5 Å². The Bertz CT molecular complexity index is 581. The molecule has 22 heavy (non-hydrogen) atoms. The largest absolute Gasteiger partial charge is 0.453 e. The van der Waals surface area contributed by atoms with Crippen molar-refractivity contribution in [3.63, 3.8) is 0 Å². The first-order valence-electron chi connectivity index (χ1n) is 7.31. The highest BCUT2D eigenvalue weighted by Crippen LogP contribution is 2.39. The standard InChI is InChI=1S/C15H19N3O3S/c1-21-15(20)17-11-4-2-3-10(9-11)16-14(19)18-7-8-22-13-6-5-12(13)18/h2-4,9,12-13H,5-8H2,1H3,(H,16,19)(H,17,20). The minimum Gasteiger partial charge on any atom is -0.453 e. The number of benzene rings is 1. The smallest absolute Gasteiger partial charge is 0.411 e. The summed E-state index contributed by atoms with van der Waals surface area (Å²) >= 11 is 1.97. The molecule has 2 N–H and O–H groups in total. The Morgan fingerprint density at radius 3 is 2.73 bits per heavy atom. The predicted molar refractivity (Wildman–Crippen MR) is 87.5 cm³/mol. The van der Waals surface area contributed by atoms with Gasteiger partial charge in [0.05, 0.1) is 7.11 Å². The van der Waals surface area contributed by atoms with E-state index in [9.17, 15) is 9.59 Å². The van der Waals surface area contributed by atoms with Crippen LogP contribution in [0.3, 0.4) is 0 Å². The molecular formula is C15H19N3O3S. The zero-order valence-electron chi connectivity index (χ0n) is 12.4. The molecule has 2 atom stereocenters. The first kappa shape index (κ1) is 15.0. The fourth-order valence-corrected chi connectivity index (χ4v) is 4.17. The minimum atomic E-state index is -0.533. The molecular weight excluding hydrogens is 302 g/mol. The van der Waals surface area contributed by atoms with Crippen LogP contribution >= 0.6 is 11.8 Å². The summed E-state index contributed by atoms with van der Waals surface area (Å²) in [5.41, 5.74) is 1.24. The van der Waals surface area contributed by atoms with Crippen LogP contribution in [0.1, 0.15) is 12.8 Å². The monoisotopic (exact) mass is 321 g/mol. The van der Waals surface area contributed by atoms with Gasteiger partial charge in [-0.25, -0.2) is 9.59 Å². The van der Waals surface area contributed by atoms with Gasteiger partial charge in [0.25, 0.3) is 0 Å². The predicted octanol–water partition coefficient (Wildman–Crippen LogP) is 2.98. The van der Waals surface area contributed by atoms with Crippen LogP contribution in [0.25, 0.3) is 0 Å². The number of amides is 3. The van der Waals surface area contributed by atoms with E-state index in [2.05, 4.69) is 15.4 Å². The van der Waals surface area contributed by atoms with Gasteiger partial charge in [-0.05, 0) is 31.0 Å². The molecule has 0 bridgehead atoms. The molecule has 1 aromatic carbocycles. The third-order valence-electron chi connectivity index (χ3n) is 4.05. The quantitative estimate of drug-likeness (QED) is 0.878. The van der Waals surface area contributed by atoms with Gasteiger partial charge in [0.2, 0.25) is 0 Å². The maximum atomic E-state index is 12.4. The van der Waals surface area contributed by atoms with E-state index >= 15 is 0 Å². The number of carbonyl (C=O) groups is 2. The Labute approximate surface area is 133 Å². The van der Waals surface area contributed by atoms with Crippen molar-refractivity contribution in [2.24, 2.45) is 0 Å². The van der Waals surface area contributed by atoms with Crippen LogP contribution in [0.5, 0.6) is 0 Å². The molecule has 3 amide bonds. The van der Waals surface area contributed by atoms with Crippen molar-refractivity contribution in [3.8, 4) is 0 Å². The van der Waals surface area contributed by atoms with E-state index in [1.807, 2.05) is 16.7 Å². The minimum absolute atomic E-state index is 0.0646. The van der Waals surface area contributed by atoms with Crippen molar-refractivity contribution in [3.05, 3.63) is 24.3 Å². The van der Waals surface area contributed by atoms with E-state index in [0.717, 1.165) is 18.7 Å². The Balaban J connectivity index is 1.63. The van der Waals surface area contributed by atoms with Gasteiger partial charge in [-0.15, -0.1) is 0 Å². The molecule has 2 aliphatic rings. The number of methoxy groups -OCH3 is 1. The van der Waals surface area contributed by atoms with Crippen LogP contribution in [-0.4, -0.2) is 47.7 Å². The molecule has 3 rings (SSSR count). The molecule has 0 aromatic heterocycles. The Kier molecular flexibility index (Phi) is 4.42. The number of hydrogen-bond donors (Lipinski definition) is 2. The number of thioether (sulfide) groups is 1. The van der Waals surface area contributed by atoms with Gasteiger partial charge < -0.3 is 15.0 Å². The number of urea groups is 1. The van der Waals surface area contributed by atoms with Crippen molar-refractivity contribution >= 4 is 35.3 Å². The lowest BCUT2D eigenvalue weighted by Gasteiger charge is -2.47. The number of rotatable bonds is 2. The van der Waals surface area contributed by atoms with Crippen molar-refractivity contribution < 1.29 is 14.3 Å². The van der Waals surface area contributed by atoms with Crippen LogP contribution in [-0.2, 0) is 4.74 Å². The topological polar surface area (TPSA) is 70.7 Å². The normalized spacial score (nSPS) is 23.0. The molecule has 6 nitrogen and oxygen atoms in total. The van der Waals surface area contributed by atoms with Gasteiger partial charge in [-0.2, -0.15) is 11.8 Å². The van der Waals surface area contributed by atoms with Gasteiger partial charge in [0.15, 0.2) is 0 Å². The average Bonchev–Trinajstić information content (AvgIpc) is 2.48. The fourth-order valence-electron chi connectivity index (χ4n) is 2.76. The second kappa shape index (κ2) is 6.48. The third-order valence-corrected chi connectivity index (χ3v) is 5.44.